The molecule has 2 aliphatic heterocycles. The summed E-state index contributed by atoms with van der Waals surface area (Å²) >= 11 is 0. The predicted molar refractivity (Wildman–Crippen MR) is 91.2 cm³/mol. The van der Waals surface area contributed by atoms with E-state index in [9.17, 15) is 9.59 Å². The van der Waals surface area contributed by atoms with E-state index < -0.39 is 0 Å². The van der Waals surface area contributed by atoms with E-state index in [1.165, 1.54) is 0 Å². The van der Waals surface area contributed by atoms with E-state index in [1.807, 2.05) is 12.1 Å². The molecule has 7 nitrogen and oxygen atoms in total. The number of rotatable bonds is 4. The van der Waals surface area contributed by atoms with Crippen LogP contribution < -0.4 is 20.3 Å². The Morgan fingerprint density at radius 2 is 1.96 bits per heavy atom. The zero-order valence-corrected chi connectivity index (χ0v) is 13.8. The van der Waals surface area contributed by atoms with Crippen molar-refractivity contribution in [3.63, 3.8) is 0 Å². The first-order chi connectivity index (χ1) is 12.2. The van der Waals surface area contributed by atoms with Crippen LogP contribution in [0, 0.1) is 0 Å². The molecule has 1 aromatic carbocycles. The Morgan fingerprint density at radius 3 is 2.72 bits per heavy atom. The Balaban J connectivity index is 1.48. The van der Waals surface area contributed by atoms with Gasteiger partial charge in [-0.15, -0.1) is 0 Å². The lowest BCUT2D eigenvalue weighted by atomic mass is 10.1. The van der Waals surface area contributed by atoms with Crippen LogP contribution in [0.2, 0.25) is 0 Å². The third-order valence-corrected chi connectivity index (χ3v) is 4.50. The Bertz CT molecular complexity index is 854. The summed E-state index contributed by atoms with van der Waals surface area (Å²) in [4.78, 5) is 27.1. The summed E-state index contributed by atoms with van der Waals surface area (Å²) in [6.07, 6.45) is 1.78. The fourth-order valence-electron chi connectivity index (χ4n) is 3.19. The van der Waals surface area contributed by atoms with E-state index in [1.54, 1.807) is 6.07 Å². The Morgan fingerprint density at radius 1 is 1.16 bits per heavy atom. The van der Waals surface area contributed by atoms with Gasteiger partial charge in [0.15, 0.2) is 11.5 Å². The van der Waals surface area contributed by atoms with Crippen LogP contribution in [0.1, 0.15) is 18.4 Å². The molecule has 1 atom stereocenters. The van der Waals surface area contributed by atoms with Gasteiger partial charge in [0.1, 0.15) is 19.3 Å². The lowest BCUT2D eigenvalue weighted by Gasteiger charge is -2.18. The molecule has 1 saturated heterocycles. The van der Waals surface area contributed by atoms with Crippen LogP contribution in [0.25, 0.3) is 10.9 Å². The van der Waals surface area contributed by atoms with Gasteiger partial charge in [-0.05, 0) is 31.4 Å². The summed E-state index contributed by atoms with van der Waals surface area (Å²) in [6.45, 7) is 2.06. The number of benzene rings is 1. The number of carbonyl (C=O) groups is 1. The number of hydrogen-bond donors (Lipinski definition) is 2. The number of hydrogen-bond acceptors (Lipinski definition) is 5. The maximum absolute atomic E-state index is 12.3. The number of nitrogens with one attached hydrogen (secondary N) is 2. The first-order valence-electron chi connectivity index (χ1n) is 8.55. The van der Waals surface area contributed by atoms with Crippen LogP contribution in [0.15, 0.2) is 23.0 Å². The smallest absolute Gasteiger partial charge is 0.251 e. The Hall–Kier alpha value is -2.54. The van der Waals surface area contributed by atoms with E-state index >= 15 is 0 Å². The van der Waals surface area contributed by atoms with Crippen molar-refractivity contribution >= 4 is 16.8 Å². The number of ether oxygens (including phenoxy) is 3. The molecule has 0 radical (unpaired) electrons. The van der Waals surface area contributed by atoms with Crippen molar-refractivity contribution in [2.75, 3.05) is 26.4 Å². The molecule has 4 rings (SSSR count). The lowest BCUT2D eigenvalue weighted by molar-refractivity contribution is -0.129. The van der Waals surface area contributed by atoms with Gasteiger partial charge in [-0.1, -0.05) is 0 Å². The molecule has 25 heavy (non-hydrogen) atoms. The standard InChI is InChI=1S/C18H20N2O5/c21-17-11(3-4-19-18(22)14-2-1-5-23-14)8-12-9-15-16(10-13(12)20-17)25-7-6-24-15/h8-10,14H,1-7H2,(H,19,22)(H,20,21). The van der Waals surface area contributed by atoms with Gasteiger partial charge >= 0.3 is 0 Å². The fourth-order valence-corrected chi connectivity index (χ4v) is 3.19. The molecule has 3 heterocycles. The number of carbonyl (C=O) groups excluding carboxylic acids is 1. The molecule has 2 N–H and O–H groups in total. The van der Waals surface area contributed by atoms with Crippen molar-refractivity contribution in [2.24, 2.45) is 0 Å². The summed E-state index contributed by atoms with van der Waals surface area (Å²) in [5.41, 5.74) is 1.17. The minimum atomic E-state index is -0.349. The van der Waals surface area contributed by atoms with Gasteiger partial charge in [0.05, 0.1) is 5.52 Å². The third-order valence-electron chi connectivity index (χ3n) is 4.50. The average molecular weight is 344 g/mol. The van der Waals surface area contributed by atoms with E-state index in [2.05, 4.69) is 10.3 Å². The highest BCUT2D eigenvalue weighted by atomic mass is 16.6. The number of H-pyrrole nitrogens is 1. The van der Waals surface area contributed by atoms with Crippen molar-refractivity contribution in [3.8, 4) is 11.5 Å². The molecule has 0 spiro atoms. The molecule has 2 aliphatic rings. The molecule has 7 heteroatoms. The molecule has 2 aromatic rings. The normalized spacial score (nSPS) is 19.1. The highest BCUT2D eigenvalue weighted by molar-refractivity contribution is 5.83. The van der Waals surface area contributed by atoms with Crippen molar-refractivity contribution in [1.29, 1.82) is 0 Å². The molecule has 1 aromatic heterocycles. The second kappa shape index (κ2) is 6.76. The van der Waals surface area contributed by atoms with Gasteiger partial charge in [-0.3, -0.25) is 9.59 Å². The monoisotopic (exact) mass is 344 g/mol. The highest BCUT2D eigenvalue weighted by Gasteiger charge is 2.23. The van der Waals surface area contributed by atoms with Crippen molar-refractivity contribution in [2.45, 2.75) is 25.4 Å². The first kappa shape index (κ1) is 16.0. The van der Waals surface area contributed by atoms with Gasteiger partial charge in [0, 0.05) is 30.2 Å². The topological polar surface area (TPSA) is 89.7 Å². The first-order valence-corrected chi connectivity index (χ1v) is 8.55. The van der Waals surface area contributed by atoms with E-state index in [0.29, 0.717) is 55.4 Å². The van der Waals surface area contributed by atoms with Crippen molar-refractivity contribution < 1.29 is 19.0 Å². The maximum Gasteiger partial charge on any atom is 0.251 e. The number of aromatic nitrogens is 1. The summed E-state index contributed by atoms with van der Waals surface area (Å²) in [6, 6.07) is 5.49. The van der Waals surface area contributed by atoms with Gasteiger partial charge in [0.25, 0.3) is 5.56 Å². The lowest BCUT2D eigenvalue weighted by Crippen LogP contribution is -2.35. The largest absolute Gasteiger partial charge is 0.486 e. The SMILES string of the molecule is O=C(NCCc1cc2cc3c(cc2[nH]c1=O)OCCO3)C1CCCO1. The molecule has 1 amide bonds. The summed E-state index contributed by atoms with van der Waals surface area (Å²) in [5.74, 6) is 1.23. The molecule has 0 bridgehead atoms. The molecule has 0 aliphatic carbocycles. The predicted octanol–water partition coefficient (Wildman–Crippen LogP) is 1.14. The quantitative estimate of drug-likeness (QED) is 0.868. The van der Waals surface area contributed by atoms with Gasteiger partial charge in [-0.25, -0.2) is 0 Å². The summed E-state index contributed by atoms with van der Waals surface area (Å²) in [5, 5.41) is 3.72. The zero-order valence-electron chi connectivity index (χ0n) is 13.8. The number of fused-ring (bicyclic) bond motifs is 2. The highest BCUT2D eigenvalue weighted by Crippen LogP contribution is 2.33. The van der Waals surface area contributed by atoms with Crippen LogP contribution in [0.3, 0.4) is 0 Å². The van der Waals surface area contributed by atoms with Gasteiger partial charge < -0.3 is 24.5 Å². The van der Waals surface area contributed by atoms with Crippen LogP contribution in [-0.2, 0) is 16.0 Å². The number of pyridine rings is 1. The van der Waals surface area contributed by atoms with Crippen molar-refractivity contribution in [1.82, 2.24) is 10.3 Å². The zero-order chi connectivity index (χ0) is 17.2. The second-order valence-electron chi connectivity index (χ2n) is 6.25. The Kier molecular flexibility index (Phi) is 4.31. The Labute approximate surface area is 144 Å². The molecule has 132 valence electrons. The van der Waals surface area contributed by atoms with Gasteiger partial charge in [0.2, 0.25) is 5.91 Å². The number of aromatic amines is 1. The van der Waals surface area contributed by atoms with Crippen LogP contribution in [0.4, 0.5) is 0 Å². The van der Waals surface area contributed by atoms with E-state index in [-0.39, 0.29) is 17.6 Å². The maximum atomic E-state index is 12.3. The number of amides is 1. The molecular formula is C18H20N2O5. The van der Waals surface area contributed by atoms with Crippen molar-refractivity contribution in [3.05, 3.63) is 34.1 Å². The van der Waals surface area contributed by atoms with E-state index in [0.717, 1.165) is 18.2 Å². The third kappa shape index (κ3) is 3.32. The van der Waals surface area contributed by atoms with E-state index in [4.69, 9.17) is 14.2 Å². The van der Waals surface area contributed by atoms with Crippen LogP contribution in [0.5, 0.6) is 11.5 Å². The minimum Gasteiger partial charge on any atom is -0.486 e. The van der Waals surface area contributed by atoms with Gasteiger partial charge in [-0.2, -0.15) is 0 Å². The second-order valence-corrected chi connectivity index (χ2v) is 6.25. The van der Waals surface area contributed by atoms with Crippen LogP contribution >= 0.6 is 0 Å². The molecular weight excluding hydrogens is 324 g/mol. The molecule has 1 unspecified atom stereocenters. The average Bonchev–Trinajstić information content (AvgIpc) is 3.15. The fraction of sp³-hybridized carbons (Fsp3) is 0.444. The summed E-state index contributed by atoms with van der Waals surface area (Å²) < 4.78 is 16.5. The molecule has 0 saturated carbocycles. The van der Waals surface area contributed by atoms with Crippen LogP contribution in [-0.4, -0.2) is 43.4 Å². The molecule has 1 fully saturated rings. The summed E-state index contributed by atoms with van der Waals surface area (Å²) in [7, 11) is 0. The minimum absolute atomic E-state index is 0.102.